The minimum Gasteiger partial charge on any atom is -0.383 e. The highest BCUT2D eigenvalue weighted by molar-refractivity contribution is 7.18. The molecule has 0 unspecified atom stereocenters. The maximum absolute atomic E-state index is 13.2. The monoisotopic (exact) mass is 406 g/mol. The number of carbonyl (C=O) groups is 1. The summed E-state index contributed by atoms with van der Waals surface area (Å²) in [4.78, 5) is 16.5. The highest BCUT2D eigenvalue weighted by Gasteiger charge is 2.13. The molecule has 0 radical (unpaired) electrons. The molecule has 0 aliphatic carbocycles. The minimum atomic E-state index is -0.439. The molecule has 146 valence electrons. The molecule has 2 amide bonds. The summed E-state index contributed by atoms with van der Waals surface area (Å²) in [5.41, 5.74) is 10.4. The lowest BCUT2D eigenvalue weighted by molar-refractivity contribution is 0.262. The van der Waals surface area contributed by atoms with Crippen LogP contribution in [-0.2, 0) is 6.42 Å². The average Bonchev–Trinajstić information content (AvgIpc) is 3.15. The van der Waals surface area contributed by atoms with Crippen molar-refractivity contribution in [2.75, 3.05) is 16.4 Å². The van der Waals surface area contributed by atoms with Crippen LogP contribution >= 0.6 is 11.3 Å². The van der Waals surface area contributed by atoms with Crippen LogP contribution in [-0.4, -0.2) is 11.0 Å². The number of rotatable bonds is 4. The van der Waals surface area contributed by atoms with Crippen molar-refractivity contribution in [3.05, 3.63) is 71.5 Å². The van der Waals surface area contributed by atoms with Crippen LogP contribution in [0.15, 0.2) is 60.1 Å². The van der Waals surface area contributed by atoms with Crippen molar-refractivity contribution >= 4 is 44.6 Å². The van der Waals surface area contributed by atoms with E-state index in [-0.39, 0.29) is 0 Å². The number of thiophene rings is 1. The molecular formula is C22H19FN4OS. The van der Waals surface area contributed by atoms with Gasteiger partial charge in [0.15, 0.2) is 0 Å². The molecule has 0 spiro atoms. The van der Waals surface area contributed by atoms with E-state index in [0.29, 0.717) is 17.2 Å². The van der Waals surface area contributed by atoms with Gasteiger partial charge in [0, 0.05) is 33.2 Å². The number of anilines is 3. The quantitative estimate of drug-likeness (QED) is 0.395. The molecule has 2 aromatic carbocycles. The smallest absolute Gasteiger partial charge is 0.323 e. The Balaban J connectivity index is 1.54. The van der Waals surface area contributed by atoms with Gasteiger partial charge >= 0.3 is 6.03 Å². The van der Waals surface area contributed by atoms with Gasteiger partial charge in [-0.1, -0.05) is 25.1 Å². The largest absolute Gasteiger partial charge is 0.383 e. The number of aryl methyl sites for hydroxylation is 1. The van der Waals surface area contributed by atoms with Crippen LogP contribution in [0.2, 0.25) is 0 Å². The summed E-state index contributed by atoms with van der Waals surface area (Å²) in [5, 5.41) is 8.40. The van der Waals surface area contributed by atoms with Crippen molar-refractivity contribution in [1.29, 1.82) is 0 Å². The van der Waals surface area contributed by atoms with E-state index in [2.05, 4.69) is 27.9 Å². The topological polar surface area (TPSA) is 80.0 Å². The molecule has 7 heteroatoms. The van der Waals surface area contributed by atoms with E-state index in [1.165, 1.54) is 23.8 Å². The first kappa shape index (κ1) is 18.9. The van der Waals surface area contributed by atoms with Crippen molar-refractivity contribution in [1.82, 2.24) is 4.98 Å². The van der Waals surface area contributed by atoms with Gasteiger partial charge in [-0.25, -0.2) is 14.2 Å². The highest BCUT2D eigenvalue weighted by Crippen LogP contribution is 2.38. The van der Waals surface area contributed by atoms with Crippen molar-refractivity contribution in [2.24, 2.45) is 0 Å². The fourth-order valence-electron chi connectivity index (χ4n) is 3.18. The van der Waals surface area contributed by atoms with E-state index in [9.17, 15) is 9.18 Å². The summed E-state index contributed by atoms with van der Waals surface area (Å²) in [7, 11) is 0. The maximum atomic E-state index is 13.2. The molecule has 5 nitrogen and oxygen atoms in total. The molecule has 29 heavy (non-hydrogen) atoms. The lowest BCUT2D eigenvalue weighted by atomic mass is 10.0. The normalized spacial score (nSPS) is 10.8. The van der Waals surface area contributed by atoms with Gasteiger partial charge in [-0.15, -0.1) is 11.3 Å². The van der Waals surface area contributed by atoms with Gasteiger partial charge in [-0.3, -0.25) is 0 Å². The number of urea groups is 1. The van der Waals surface area contributed by atoms with Gasteiger partial charge in [0.05, 0.1) is 0 Å². The van der Waals surface area contributed by atoms with Crippen LogP contribution in [0, 0.1) is 5.82 Å². The van der Waals surface area contributed by atoms with Crippen molar-refractivity contribution in [3.8, 4) is 11.1 Å². The number of nitrogens with one attached hydrogen (secondary N) is 2. The van der Waals surface area contributed by atoms with Gasteiger partial charge in [-0.2, -0.15) is 0 Å². The molecule has 0 atom stereocenters. The van der Waals surface area contributed by atoms with Gasteiger partial charge in [0.1, 0.15) is 11.6 Å². The fraction of sp³-hybridized carbons (Fsp3) is 0.0909. The van der Waals surface area contributed by atoms with E-state index in [1.54, 1.807) is 17.4 Å². The van der Waals surface area contributed by atoms with Crippen LogP contribution in [0.4, 0.5) is 26.4 Å². The predicted molar refractivity (Wildman–Crippen MR) is 118 cm³/mol. The second-order valence-electron chi connectivity index (χ2n) is 6.54. The molecule has 2 aromatic heterocycles. The third-order valence-electron chi connectivity index (χ3n) is 4.62. The summed E-state index contributed by atoms with van der Waals surface area (Å²) in [5.74, 6) is 0.111. The van der Waals surface area contributed by atoms with E-state index < -0.39 is 11.8 Å². The number of nitrogens with zero attached hydrogens (tertiary/aromatic N) is 1. The number of benzene rings is 2. The Morgan fingerprint density at radius 1 is 1.14 bits per heavy atom. The zero-order chi connectivity index (χ0) is 20.4. The highest BCUT2D eigenvalue weighted by atomic mass is 32.1. The molecule has 4 N–H and O–H groups in total. The summed E-state index contributed by atoms with van der Waals surface area (Å²) in [6, 6.07) is 12.8. The Hall–Kier alpha value is -3.45. The summed E-state index contributed by atoms with van der Waals surface area (Å²) in [6.45, 7) is 2.10. The number of halogens is 1. The third-order valence-corrected chi connectivity index (χ3v) is 5.67. The summed E-state index contributed by atoms with van der Waals surface area (Å²) in [6.07, 6.45) is 2.73. The van der Waals surface area contributed by atoms with Gasteiger partial charge in [0.25, 0.3) is 0 Å². The molecular weight excluding hydrogens is 387 g/mol. The van der Waals surface area contributed by atoms with Crippen LogP contribution in [0.1, 0.15) is 12.5 Å². The fourth-order valence-corrected chi connectivity index (χ4v) is 4.35. The van der Waals surface area contributed by atoms with Crippen LogP contribution in [0.5, 0.6) is 0 Å². The number of nitrogens with two attached hydrogens (primary N) is 1. The Labute approximate surface area is 171 Å². The number of pyridine rings is 1. The van der Waals surface area contributed by atoms with Gasteiger partial charge < -0.3 is 16.4 Å². The Bertz CT molecular complexity index is 1190. The summed E-state index contributed by atoms with van der Waals surface area (Å²) < 4.78 is 14.4. The molecule has 4 rings (SSSR count). The first-order valence-corrected chi connectivity index (χ1v) is 10.0. The number of hydrogen-bond donors (Lipinski definition) is 3. The number of hydrogen-bond acceptors (Lipinski definition) is 4. The Kier molecular flexibility index (Phi) is 5.14. The number of aromatic nitrogens is 1. The van der Waals surface area contributed by atoms with E-state index in [4.69, 9.17) is 5.73 Å². The minimum absolute atomic E-state index is 0.388. The Morgan fingerprint density at radius 2 is 1.90 bits per heavy atom. The molecule has 0 saturated heterocycles. The lowest BCUT2D eigenvalue weighted by Crippen LogP contribution is -2.19. The van der Waals surface area contributed by atoms with Gasteiger partial charge in [-0.05, 0) is 53.3 Å². The second-order valence-corrected chi connectivity index (χ2v) is 7.42. The third kappa shape index (κ3) is 3.90. The second kappa shape index (κ2) is 7.89. The molecule has 0 fully saturated rings. The lowest BCUT2D eigenvalue weighted by Gasteiger charge is -2.09. The molecule has 0 saturated carbocycles. The Morgan fingerprint density at radius 3 is 2.62 bits per heavy atom. The number of carbonyl (C=O) groups excluding carboxylic acids is 1. The van der Waals surface area contributed by atoms with E-state index in [1.807, 2.05) is 30.5 Å². The standard InChI is InChI=1S/C22H19FN4OS/c1-2-13-11-25-21(24)19-18(12-29-20(13)19)14-6-8-16(9-7-14)26-22(28)27-17-5-3-4-15(23)10-17/h3-12H,2H2,1H3,(H2,24,25)(H2,26,27,28). The van der Waals surface area contributed by atoms with Crippen molar-refractivity contribution in [3.63, 3.8) is 0 Å². The average molecular weight is 406 g/mol. The summed E-state index contributed by atoms with van der Waals surface area (Å²) >= 11 is 1.66. The zero-order valence-electron chi connectivity index (χ0n) is 15.7. The molecule has 0 aliphatic heterocycles. The van der Waals surface area contributed by atoms with Crippen molar-refractivity contribution in [2.45, 2.75) is 13.3 Å². The SMILES string of the molecule is CCc1cnc(N)c2c(-c3ccc(NC(=O)Nc4cccc(F)c4)cc3)csc12. The first-order chi connectivity index (χ1) is 14.0. The van der Waals surface area contributed by atoms with Gasteiger partial charge in [0.2, 0.25) is 0 Å². The van der Waals surface area contributed by atoms with Crippen LogP contribution < -0.4 is 16.4 Å². The van der Waals surface area contributed by atoms with Crippen molar-refractivity contribution < 1.29 is 9.18 Å². The van der Waals surface area contributed by atoms with E-state index in [0.717, 1.165) is 27.6 Å². The van der Waals surface area contributed by atoms with Crippen LogP contribution in [0.3, 0.4) is 0 Å². The number of amides is 2. The number of fused-ring (bicyclic) bond motifs is 1. The maximum Gasteiger partial charge on any atom is 0.323 e. The van der Waals surface area contributed by atoms with E-state index >= 15 is 0 Å². The zero-order valence-corrected chi connectivity index (χ0v) is 16.5. The van der Waals surface area contributed by atoms with Crippen LogP contribution in [0.25, 0.3) is 21.2 Å². The molecule has 4 aromatic rings. The molecule has 0 bridgehead atoms. The molecule has 0 aliphatic rings. The predicted octanol–water partition coefficient (Wildman–Crippen LogP) is 5.89. The first-order valence-electron chi connectivity index (χ1n) is 9.13. The number of nitrogen functional groups attached to an aromatic ring is 1. The molecule has 2 heterocycles.